The van der Waals surface area contributed by atoms with Gasteiger partial charge in [-0.05, 0) is 68.7 Å². The molecular formula is C26H25N3O2S. The van der Waals surface area contributed by atoms with E-state index in [0.717, 1.165) is 45.8 Å². The minimum Gasteiger partial charge on any atom is -0.497 e. The van der Waals surface area contributed by atoms with Crippen molar-refractivity contribution < 1.29 is 9.53 Å². The molecule has 0 saturated heterocycles. The number of nitrogens with one attached hydrogen (secondary N) is 1. The molecule has 2 aromatic heterocycles. The Bertz CT molecular complexity index is 1280. The van der Waals surface area contributed by atoms with Gasteiger partial charge < -0.3 is 4.74 Å². The molecule has 0 atom stereocenters. The fourth-order valence-electron chi connectivity index (χ4n) is 3.44. The van der Waals surface area contributed by atoms with Crippen molar-refractivity contribution in [1.82, 2.24) is 10.4 Å². The van der Waals surface area contributed by atoms with E-state index >= 15 is 0 Å². The van der Waals surface area contributed by atoms with Gasteiger partial charge in [-0.3, -0.25) is 4.79 Å². The molecule has 2 heterocycles. The predicted octanol–water partition coefficient (Wildman–Crippen LogP) is 6.02. The molecule has 32 heavy (non-hydrogen) atoms. The lowest BCUT2D eigenvalue weighted by Gasteiger charge is -2.09. The van der Waals surface area contributed by atoms with Crippen LogP contribution in [-0.2, 0) is 6.42 Å². The van der Waals surface area contributed by atoms with E-state index in [4.69, 9.17) is 9.72 Å². The summed E-state index contributed by atoms with van der Waals surface area (Å²) in [6, 6.07) is 21.6. The number of hydrogen-bond donors (Lipinski definition) is 1. The van der Waals surface area contributed by atoms with Gasteiger partial charge in [-0.2, -0.15) is 5.10 Å². The normalized spacial score (nSPS) is 11.5. The lowest BCUT2D eigenvalue weighted by molar-refractivity contribution is 0.0956. The van der Waals surface area contributed by atoms with Crippen LogP contribution in [0, 0.1) is 6.92 Å². The number of rotatable bonds is 7. The summed E-state index contributed by atoms with van der Waals surface area (Å²) >= 11 is 1.67. The van der Waals surface area contributed by atoms with Crippen LogP contribution in [0.2, 0.25) is 0 Å². The number of thiophene rings is 1. The number of para-hydroxylation sites is 1. The molecule has 0 aliphatic carbocycles. The van der Waals surface area contributed by atoms with Crippen LogP contribution in [0.15, 0.2) is 71.8 Å². The predicted molar refractivity (Wildman–Crippen MR) is 132 cm³/mol. The maximum atomic E-state index is 13.0. The van der Waals surface area contributed by atoms with Gasteiger partial charge in [0.15, 0.2) is 0 Å². The highest BCUT2D eigenvalue weighted by Gasteiger charge is 2.14. The Morgan fingerprint density at radius 2 is 1.88 bits per heavy atom. The molecule has 6 heteroatoms. The van der Waals surface area contributed by atoms with E-state index in [9.17, 15) is 4.79 Å². The highest BCUT2D eigenvalue weighted by molar-refractivity contribution is 7.15. The highest BCUT2D eigenvalue weighted by Crippen LogP contribution is 2.29. The van der Waals surface area contributed by atoms with Crippen molar-refractivity contribution in [3.63, 3.8) is 0 Å². The molecule has 0 aliphatic heterocycles. The topological polar surface area (TPSA) is 63.6 Å². The number of hydrogen-bond acceptors (Lipinski definition) is 5. The van der Waals surface area contributed by atoms with Gasteiger partial charge in [0.1, 0.15) is 5.75 Å². The molecule has 162 valence electrons. The Morgan fingerprint density at radius 3 is 2.59 bits per heavy atom. The van der Waals surface area contributed by atoms with Gasteiger partial charge in [0.05, 0.1) is 28.8 Å². The molecule has 1 N–H and O–H groups in total. The van der Waals surface area contributed by atoms with E-state index in [2.05, 4.69) is 23.5 Å². The summed E-state index contributed by atoms with van der Waals surface area (Å²) in [6.07, 6.45) is 1.60. The Kier molecular flexibility index (Phi) is 6.61. The van der Waals surface area contributed by atoms with Crippen LogP contribution in [0.3, 0.4) is 0 Å². The van der Waals surface area contributed by atoms with Gasteiger partial charge in [0.2, 0.25) is 0 Å². The van der Waals surface area contributed by atoms with E-state index in [-0.39, 0.29) is 5.91 Å². The van der Waals surface area contributed by atoms with E-state index in [1.807, 2.05) is 67.6 Å². The van der Waals surface area contributed by atoms with Crippen LogP contribution in [0.4, 0.5) is 0 Å². The summed E-state index contributed by atoms with van der Waals surface area (Å²) in [5.41, 5.74) is 6.96. The van der Waals surface area contributed by atoms with Gasteiger partial charge in [-0.15, -0.1) is 11.3 Å². The molecule has 1 amide bonds. The molecule has 0 aliphatic rings. The number of aromatic nitrogens is 1. The smallest absolute Gasteiger partial charge is 0.272 e. The van der Waals surface area contributed by atoms with Crippen LogP contribution >= 0.6 is 11.3 Å². The van der Waals surface area contributed by atoms with Crippen molar-refractivity contribution in [3.8, 4) is 16.3 Å². The number of nitrogens with zero attached hydrogens (tertiary/aromatic N) is 2. The number of benzene rings is 2. The highest BCUT2D eigenvalue weighted by atomic mass is 32.1. The summed E-state index contributed by atoms with van der Waals surface area (Å²) in [6.45, 7) is 3.99. The van der Waals surface area contributed by atoms with Crippen molar-refractivity contribution in [3.05, 3.63) is 82.7 Å². The lowest BCUT2D eigenvalue weighted by atomic mass is 10.1. The van der Waals surface area contributed by atoms with Gasteiger partial charge >= 0.3 is 0 Å². The molecule has 0 bridgehead atoms. The zero-order chi connectivity index (χ0) is 22.5. The first-order valence-electron chi connectivity index (χ1n) is 10.5. The third kappa shape index (κ3) is 5.03. The number of aryl methyl sites for hydroxylation is 2. The van der Waals surface area contributed by atoms with E-state index in [1.54, 1.807) is 18.4 Å². The first-order valence-corrected chi connectivity index (χ1v) is 11.3. The van der Waals surface area contributed by atoms with Crippen LogP contribution in [0.1, 0.15) is 34.1 Å². The number of pyridine rings is 1. The van der Waals surface area contributed by atoms with Gasteiger partial charge in [-0.1, -0.05) is 30.3 Å². The number of ether oxygens (including phenoxy) is 1. The van der Waals surface area contributed by atoms with Crippen molar-refractivity contribution >= 4 is 33.9 Å². The Labute approximate surface area is 191 Å². The van der Waals surface area contributed by atoms with E-state index in [1.165, 1.54) is 10.4 Å². The number of carbonyl (C=O) groups is 1. The average molecular weight is 444 g/mol. The number of fused-ring (bicyclic) bond motifs is 1. The van der Waals surface area contributed by atoms with Gasteiger partial charge in [0, 0.05) is 16.0 Å². The first-order chi connectivity index (χ1) is 15.5. The monoisotopic (exact) mass is 443 g/mol. The third-order valence-electron chi connectivity index (χ3n) is 5.24. The summed E-state index contributed by atoms with van der Waals surface area (Å²) < 4.78 is 5.19. The maximum absolute atomic E-state index is 13.0. The number of carbonyl (C=O) groups excluding carboxylic acids is 1. The second-order valence-corrected chi connectivity index (χ2v) is 8.91. The van der Waals surface area contributed by atoms with Gasteiger partial charge in [-0.25, -0.2) is 10.4 Å². The third-order valence-corrected chi connectivity index (χ3v) is 6.26. The first kappa shape index (κ1) is 21.7. The molecule has 0 fully saturated rings. The fraction of sp³-hybridized carbons (Fsp3) is 0.192. The second kappa shape index (κ2) is 9.75. The molecule has 4 aromatic rings. The van der Waals surface area contributed by atoms with Crippen LogP contribution in [0.5, 0.6) is 5.75 Å². The fourth-order valence-corrected chi connectivity index (χ4v) is 4.27. The van der Waals surface area contributed by atoms with Crippen molar-refractivity contribution in [2.45, 2.75) is 26.7 Å². The summed E-state index contributed by atoms with van der Waals surface area (Å²) in [5, 5.41) is 5.15. The Balaban J connectivity index is 1.51. The minimum absolute atomic E-state index is 0.234. The van der Waals surface area contributed by atoms with Crippen LogP contribution in [-0.4, -0.2) is 23.7 Å². The number of amides is 1. The molecular weight excluding hydrogens is 418 g/mol. The van der Waals surface area contributed by atoms with E-state index < -0.39 is 0 Å². The molecule has 0 unspecified atom stereocenters. The second-order valence-electron chi connectivity index (χ2n) is 7.62. The van der Waals surface area contributed by atoms with Crippen LogP contribution < -0.4 is 10.2 Å². The van der Waals surface area contributed by atoms with Crippen molar-refractivity contribution in [1.29, 1.82) is 0 Å². The minimum atomic E-state index is -0.234. The molecule has 5 nitrogen and oxygen atoms in total. The average Bonchev–Trinajstić information content (AvgIpc) is 3.27. The molecule has 0 saturated carbocycles. The number of hydrazone groups is 1. The van der Waals surface area contributed by atoms with E-state index in [0.29, 0.717) is 5.56 Å². The summed E-state index contributed by atoms with van der Waals surface area (Å²) in [7, 11) is 1.66. The van der Waals surface area contributed by atoms with Crippen molar-refractivity contribution in [2.75, 3.05) is 7.11 Å². The van der Waals surface area contributed by atoms with Crippen LogP contribution in [0.25, 0.3) is 21.5 Å². The van der Waals surface area contributed by atoms with Gasteiger partial charge in [0.25, 0.3) is 5.91 Å². The quantitative estimate of drug-likeness (QED) is 0.281. The Morgan fingerprint density at radius 1 is 1.09 bits per heavy atom. The van der Waals surface area contributed by atoms with Crippen molar-refractivity contribution in [2.24, 2.45) is 5.10 Å². The zero-order valence-electron chi connectivity index (χ0n) is 18.4. The largest absolute Gasteiger partial charge is 0.497 e. The molecule has 0 spiro atoms. The molecule has 0 radical (unpaired) electrons. The summed E-state index contributed by atoms with van der Waals surface area (Å²) in [5.74, 6) is 0.606. The zero-order valence-corrected chi connectivity index (χ0v) is 19.2. The summed E-state index contributed by atoms with van der Waals surface area (Å²) in [4.78, 5) is 20.0. The lowest BCUT2D eigenvalue weighted by Crippen LogP contribution is -2.20. The SMILES string of the molecule is COc1ccc(CCC(C)=NNC(=O)c2cc(-c3ccc(C)s3)nc3ccccc23)cc1. The maximum Gasteiger partial charge on any atom is 0.272 e. The molecule has 4 rings (SSSR count). The number of methoxy groups -OCH3 is 1. The standard InChI is InChI=1S/C26H25N3O2S/c1-17(8-10-19-11-13-20(31-3)14-12-19)28-29-26(30)22-16-24(25-15-9-18(2)32-25)27-23-7-5-4-6-21(22)23/h4-7,9,11-16H,8,10H2,1-3H3,(H,29,30). The Hall–Kier alpha value is -3.51. The molecule has 2 aromatic carbocycles.